The maximum atomic E-state index is 10.8. The Hall–Kier alpha value is -0.610. The van der Waals surface area contributed by atoms with Crippen LogP contribution in [0.4, 0.5) is 0 Å². The van der Waals surface area contributed by atoms with Gasteiger partial charge in [0.25, 0.3) is 0 Å². The smallest absolute Gasteiger partial charge is 0.221 e. The summed E-state index contributed by atoms with van der Waals surface area (Å²) in [5.74, 6) is 5.63. The van der Waals surface area contributed by atoms with Gasteiger partial charge in [-0.1, -0.05) is 0 Å². The molecule has 0 aliphatic carbocycles. The number of nitrogens with zero attached hydrogens (tertiary/aromatic N) is 1. The van der Waals surface area contributed by atoms with E-state index >= 15 is 0 Å². The highest BCUT2D eigenvalue weighted by Gasteiger charge is 2.07. The van der Waals surface area contributed by atoms with Crippen LogP contribution in [0.1, 0.15) is 12.8 Å². The molecule has 4 nitrogen and oxygen atoms in total. The summed E-state index contributed by atoms with van der Waals surface area (Å²) >= 11 is 0. The molecule has 10 heavy (non-hydrogen) atoms. The third-order valence-electron chi connectivity index (χ3n) is 1.57. The van der Waals surface area contributed by atoms with Crippen molar-refractivity contribution < 1.29 is 4.79 Å². The van der Waals surface area contributed by atoms with Gasteiger partial charge < -0.3 is 5.32 Å². The second kappa shape index (κ2) is 3.53. The average Bonchev–Trinajstić information content (AvgIpc) is 1.90. The standard InChI is InChI=1S/C6H13N3O/c7-9-4-1-3-8-6(10)2-5-9/h1-5,7H2,(H,8,10). The van der Waals surface area contributed by atoms with Crippen molar-refractivity contribution in [3.05, 3.63) is 0 Å². The van der Waals surface area contributed by atoms with E-state index in [0.717, 1.165) is 19.5 Å². The molecule has 0 bridgehead atoms. The third-order valence-corrected chi connectivity index (χ3v) is 1.57. The molecule has 1 aliphatic rings. The lowest BCUT2D eigenvalue weighted by Gasteiger charge is -2.18. The van der Waals surface area contributed by atoms with Crippen LogP contribution in [0.25, 0.3) is 0 Å². The first-order chi connectivity index (χ1) is 4.79. The first kappa shape index (κ1) is 7.50. The fourth-order valence-corrected chi connectivity index (χ4v) is 0.955. The SMILES string of the molecule is NN1CCCNC(=O)CC1. The highest BCUT2D eigenvalue weighted by molar-refractivity contribution is 5.76. The van der Waals surface area contributed by atoms with Gasteiger partial charge in [-0.15, -0.1) is 0 Å². The zero-order valence-electron chi connectivity index (χ0n) is 5.97. The number of carbonyl (C=O) groups is 1. The summed E-state index contributed by atoms with van der Waals surface area (Å²) in [4.78, 5) is 10.8. The second-order valence-electron chi connectivity index (χ2n) is 2.49. The van der Waals surface area contributed by atoms with E-state index in [1.165, 1.54) is 0 Å². The first-order valence-corrected chi connectivity index (χ1v) is 3.55. The molecule has 0 spiro atoms. The second-order valence-corrected chi connectivity index (χ2v) is 2.49. The van der Waals surface area contributed by atoms with Crippen LogP contribution in [0.15, 0.2) is 0 Å². The summed E-state index contributed by atoms with van der Waals surface area (Å²) in [6, 6.07) is 0. The van der Waals surface area contributed by atoms with Crippen molar-refractivity contribution >= 4 is 5.91 Å². The highest BCUT2D eigenvalue weighted by Crippen LogP contribution is 1.91. The van der Waals surface area contributed by atoms with Crippen molar-refractivity contribution in [2.45, 2.75) is 12.8 Å². The molecular weight excluding hydrogens is 130 g/mol. The van der Waals surface area contributed by atoms with Gasteiger partial charge in [0, 0.05) is 26.1 Å². The van der Waals surface area contributed by atoms with Crippen LogP contribution in [-0.2, 0) is 4.79 Å². The van der Waals surface area contributed by atoms with Crippen LogP contribution in [0, 0.1) is 0 Å². The van der Waals surface area contributed by atoms with Crippen molar-refractivity contribution in [1.29, 1.82) is 0 Å². The normalized spacial score (nSPS) is 23.1. The summed E-state index contributed by atoms with van der Waals surface area (Å²) in [6.45, 7) is 2.30. The molecule has 1 saturated heterocycles. The van der Waals surface area contributed by atoms with Gasteiger partial charge in [0.2, 0.25) is 5.91 Å². The number of nitrogens with two attached hydrogens (primary N) is 1. The summed E-state index contributed by atoms with van der Waals surface area (Å²) in [6.07, 6.45) is 1.47. The van der Waals surface area contributed by atoms with Gasteiger partial charge in [0.1, 0.15) is 0 Å². The van der Waals surface area contributed by atoms with E-state index in [1.807, 2.05) is 0 Å². The summed E-state index contributed by atoms with van der Waals surface area (Å²) < 4.78 is 0. The minimum Gasteiger partial charge on any atom is -0.356 e. The van der Waals surface area contributed by atoms with Crippen molar-refractivity contribution in [2.24, 2.45) is 5.84 Å². The summed E-state index contributed by atoms with van der Waals surface area (Å²) in [5.41, 5.74) is 0. The van der Waals surface area contributed by atoms with Crippen LogP contribution >= 0.6 is 0 Å². The van der Waals surface area contributed by atoms with Gasteiger partial charge in [0.05, 0.1) is 0 Å². The van der Waals surface area contributed by atoms with Crippen molar-refractivity contribution in [2.75, 3.05) is 19.6 Å². The minimum absolute atomic E-state index is 0.107. The molecule has 0 aromatic rings. The highest BCUT2D eigenvalue weighted by atomic mass is 16.1. The molecule has 4 heteroatoms. The fourth-order valence-electron chi connectivity index (χ4n) is 0.955. The van der Waals surface area contributed by atoms with Gasteiger partial charge >= 0.3 is 0 Å². The van der Waals surface area contributed by atoms with Gasteiger partial charge in [0.15, 0.2) is 0 Å². The summed E-state index contributed by atoms with van der Waals surface area (Å²) in [7, 11) is 0. The van der Waals surface area contributed by atoms with Crippen LogP contribution in [0.2, 0.25) is 0 Å². The van der Waals surface area contributed by atoms with E-state index in [1.54, 1.807) is 5.01 Å². The molecule has 0 radical (unpaired) electrons. The lowest BCUT2D eigenvalue weighted by molar-refractivity contribution is -0.121. The van der Waals surface area contributed by atoms with Gasteiger partial charge in [-0.3, -0.25) is 10.6 Å². The Labute approximate surface area is 60.3 Å². The topological polar surface area (TPSA) is 58.4 Å². The minimum atomic E-state index is 0.107. The number of rotatable bonds is 0. The zero-order chi connectivity index (χ0) is 7.40. The monoisotopic (exact) mass is 143 g/mol. The molecule has 0 atom stereocenters. The van der Waals surface area contributed by atoms with Gasteiger partial charge in [-0.2, -0.15) is 0 Å². The predicted octanol–water partition coefficient (Wildman–Crippen LogP) is -0.928. The van der Waals surface area contributed by atoms with E-state index in [9.17, 15) is 4.79 Å². The number of hydrogen-bond acceptors (Lipinski definition) is 3. The van der Waals surface area contributed by atoms with Crippen molar-refractivity contribution in [3.63, 3.8) is 0 Å². The molecule has 0 aromatic carbocycles. The molecule has 1 heterocycles. The van der Waals surface area contributed by atoms with Crippen LogP contribution in [0.3, 0.4) is 0 Å². The molecule has 58 valence electrons. The molecule has 1 amide bonds. The van der Waals surface area contributed by atoms with E-state index in [-0.39, 0.29) is 5.91 Å². The molecule has 1 fully saturated rings. The van der Waals surface area contributed by atoms with E-state index in [2.05, 4.69) is 5.32 Å². The average molecular weight is 143 g/mol. The Morgan fingerprint density at radius 2 is 2.30 bits per heavy atom. The van der Waals surface area contributed by atoms with E-state index in [0.29, 0.717) is 13.0 Å². The molecule has 1 aliphatic heterocycles. The zero-order valence-corrected chi connectivity index (χ0v) is 5.97. The van der Waals surface area contributed by atoms with Crippen molar-refractivity contribution in [3.8, 4) is 0 Å². The molecule has 3 N–H and O–H groups in total. The molecular formula is C6H13N3O. The quantitative estimate of drug-likeness (QED) is 0.431. The molecule has 0 saturated carbocycles. The van der Waals surface area contributed by atoms with E-state index < -0.39 is 0 Å². The number of amides is 1. The number of hydrogen-bond donors (Lipinski definition) is 2. The lowest BCUT2D eigenvalue weighted by Crippen LogP contribution is -2.40. The number of nitrogens with one attached hydrogen (secondary N) is 1. The molecule has 1 rings (SSSR count). The van der Waals surface area contributed by atoms with Gasteiger partial charge in [-0.25, -0.2) is 5.01 Å². The van der Waals surface area contributed by atoms with Crippen LogP contribution in [-0.4, -0.2) is 30.6 Å². The fraction of sp³-hybridized carbons (Fsp3) is 0.833. The molecule has 0 unspecified atom stereocenters. The number of carbonyl (C=O) groups excluding carboxylic acids is 1. The number of hydrazine groups is 1. The Bertz CT molecular complexity index is 126. The summed E-state index contributed by atoms with van der Waals surface area (Å²) in [5, 5.41) is 4.48. The van der Waals surface area contributed by atoms with Crippen LogP contribution < -0.4 is 11.2 Å². The Kier molecular flexibility index (Phi) is 2.65. The Morgan fingerprint density at radius 1 is 1.50 bits per heavy atom. The van der Waals surface area contributed by atoms with Crippen LogP contribution in [0.5, 0.6) is 0 Å². The maximum absolute atomic E-state index is 10.8. The van der Waals surface area contributed by atoms with Gasteiger partial charge in [-0.05, 0) is 6.42 Å². The maximum Gasteiger partial charge on any atom is 0.221 e. The first-order valence-electron chi connectivity index (χ1n) is 3.55. The van der Waals surface area contributed by atoms with Crippen molar-refractivity contribution in [1.82, 2.24) is 10.3 Å². The predicted molar refractivity (Wildman–Crippen MR) is 38.0 cm³/mol. The Balaban J connectivity index is 2.29. The molecule has 0 aromatic heterocycles. The lowest BCUT2D eigenvalue weighted by atomic mass is 10.3. The largest absolute Gasteiger partial charge is 0.356 e. The Morgan fingerprint density at radius 3 is 3.10 bits per heavy atom. The van der Waals surface area contributed by atoms with E-state index in [4.69, 9.17) is 5.84 Å². The third kappa shape index (κ3) is 2.33.